The van der Waals surface area contributed by atoms with Gasteiger partial charge in [-0.1, -0.05) is 45.7 Å². The molecule has 0 aliphatic heterocycles. The van der Waals surface area contributed by atoms with Crippen molar-refractivity contribution in [3.8, 4) is 0 Å². The van der Waals surface area contributed by atoms with Crippen molar-refractivity contribution in [2.24, 2.45) is 0 Å². The average molecular weight is 343 g/mol. The van der Waals surface area contributed by atoms with Gasteiger partial charge in [0.1, 0.15) is 5.82 Å². The highest BCUT2D eigenvalue weighted by atomic mass is 79.9. The van der Waals surface area contributed by atoms with E-state index in [0.717, 1.165) is 10.0 Å². The summed E-state index contributed by atoms with van der Waals surface area (Å²) in [4.78, 5) is 0. The molecule has 0 saturated carbocycles. The van der Waals surface area contributed by atoms with Crippen molar-refractivity contribution in [2.45, 2.75) is 19.5 Å². The molecule has 4 heteroatoms. The molecule has 19 heavy (non-hydrogen) atoms. The van der Waals surface area contributed by atoms with Gasteiger partial charge in [-0.05, 0) is 42.3 Å². The molecule has 100 valence electrons. The van der Waals surface area contributed by atoms with Crippen LogP contribution in [0.3, 0.4) is 0 Å². The topological polar surface area (TPSA) is 12.0 Å². The van der Waals surface area contributed by atoms with Crippen LogP contribution in [0.2, 0.25) is 5.02 Å². The van der Waals surface area contributed by atoms with E-state index in [0.29, 0.717) is 6.54 Å². The van der Waals surface area contributed by atoms with E-state index in [1.54, 1.807) is 12.1 Å². The molecule has 0 spiro atoms. The van der Waals surface area contributed by atoms with Gasteiger partial charge in [-0.25, -0.2) is 4.39 Å². The second-order valence-corrected chi connectivity index (χ2v) is 5.73. The van der Waals surface area contributed by atoms with E-state index in [-0.39, 0.29) is 16.9 Å². The van der Waals surface area contributed by atoms with Crippen LogP contribution in [0.1, 0.15) is 24.1 Å². The normalized spacial score (nSPS) is 12.4. The van der Waals surface area contributed by atoms with Crippen LogP contribution in [0.4, 0.5) is 4.39 Å². The monoisotopic (exact) mass is 341 g/mol. The highest BCUT2D eigenvalue weighted by Crippen LogP contribution is 2.19. The number of hydrogen-bond donors (Lipinski definition) is 1. The first-order valence-corrected chi connectivity index (χ1v) is 7.16. The highest BCUT2D eigenvalue weighted by molar-refractivity contribution is 9.10. The first kappa shape index (κ1) is 14.5. The Morgan fingerprint density at radius 2 is 2.05 bits per heavy atom. The Morgan fingerprint density at radius 1 is 1.26 bits per heavy atom. The van der Waals surface area contributed by atoms with Crippen molar-refractivity contribution < 1.29 is 4.39 Å². The lowest BCUT2D eigenvalue weighted by molar-refractivity contribution is 0.572. The van der Waals surface area contributed by atoms with Crippen LogP contribution >= 0.6 is 27.5 Å². The summed E-state index contributed by atoms with van der Waals surface area (Å²) < 4.78 is 14.1. The zero-order chi connectivity index (χ0) is 13.8. The molecule has 1 N–H and O–H groups in total. The molecule has 1 atom stereocenters. The Balaban J connectivity index is 2.00. The van der Waals surface area contributed by atoms with E-state index < -0.39 is 0 Å². The lowest BCUT2D eigenvalue weighted by Crippen LogP contribution is -2.18. The zero-order valence-corrected chi connectivity index (χ0v) is 12.8. The summed E-state index contributed by atoms with van der Waals surface area (Å²) in [6.07, 6.45) is 0. The lowest BCUT2D eigenvalue weighted by Gasteiger charge is -2.15. The Labute approximate surface area is 125 Å². The Bertz CT molecular complexity index is 574. The molecule has 2 aromatic carbocycles. The molecule has 1 nitrogen and oxygen atoms in total. The van der Waals surface area contributed by atoms with E-state index in [4.69, 9.17) is 11.6 Å². The molecule has 0 aliphatic carbocycles. The second-order valence-electron chi connectivity index (χ2n) is 4.41. The Morgan fingerprint density at radius 3 is 2.74 bits per heavy atom. The van der Waals surface area contributed by atoms with Gasteiger partial charge in [0.2, 0.25) is 0 Å². The average Bonchev–Trinajstić information content (AvgIpc) is 2.40. The predicted molar refractivity (Wildman–Crippen MR) is 80.8 cm³/mol. The fraction of sp³-hybridized carbons (Fsp3) is 0.200. The van der Waals surface area contributed by atoms with Crippen LogP contribution in [-0.4, -0.2) is 0 Å². The Kier molecular flexibility index (Phi) is 4.97. The largest absolute Gasteiger partial charge is 0.306 e. The minimum Gasteiger partial charge on any atom is -0.306 e. The third kappa shape index (κ3) is 4.03. The van der Waals surface area contributed by atoms with Gasteiger partial charge in [0.15, 0.2) is 0 Å². The third-order valence-corrected chi connectivity index (χ3v) is 3.73. The standard InChI is InChI=1S/C15H14BrClFN/c1-10(12-3-2-4-13(16)8-12)19-9-11-5-6-15(18)14(17)7-11/h2-8,10,19H,9H2,1H3/t10-/m0/s1. The summed E-state index contributed by atoms with van der Waals surface area (Å²) in [5.41, 5.74) is 2.16. The first-order chi connectivity index (χ1) is 9.06. The molecule has 0 aromatic heterocycles. The minimum atomic E-state index is -0.384. The molecular formula is C15H14BrClFN. The number of rotatable bonds is 4. The van der Waals surface area contributed by atoms with Crippen LogP contribution in [0, 0.1) is 5.82 Å². The minimum absolute atomic E-state index is 0.161. The van der Waals surface area contributed by atoms with E-state index in [2.05, 4.69) is 40.3 Å². The van der Waals surface area contributed by atoms with Gasteiger partial charge in [-0.3, -0.25) is 0 Å². The van der Waals surface area contributed by atoms with Crippen molar-refractivity contribution in [1.29, 1.82) is 0 Å². The Hall–Kier alpha value is -0.900. The summed E-state index contributed by atoms with van der Waals surface area (Å²) in [7, 11) is 0. The van der Waals surface area contributed by atoms with Gasteiger partial charge in [0.05, 0.1) is 5.02 Å². The van der Waals surface area contributed by atoms with E-state index in [1.807, 2.05) is 12.1 Å². The molecule has 0 saturated heterocycles. The van der Waals surface area contributed by atoms with Crippen LogP contribution in [0.5, 0.6) is 0 Å². The lowest BCUT2D eigenvalue weighted by atomic mass is 10.1. The van der Waals surface area contributed by atoms with E-state index in [1.165, 1.54) is 11.6 Å². The number of hydrogen-bond acceptors (Lipinski definition) is 1. The molecule has 0 fully saturated rings. The maximum absolute atomic E-state index is 13.0. The molecule has 2 aromatic rings. The molecule has 2 rings (SSSR count). The van der Waals surface area contributed by atoms with Gasteiger partial charge in [-0.15, -0.1) is 0 Å². The zero-order valence-electron chi connectivity index (χ0n) is 10.5. The van der Waals surface area contributed by atoms with Gasteiger partial charge < -0.3 is 5.32 Å². The molecule has 0 heterocycles. The van der Waals surface area contributed by atoms with Gasteiger partial charge >= 0.3 is 0 Å². The maximum Gasteiger partial charge on any atom is 0.141 e. The van der Waals surface area contributed by atoms with Crippen molar-refractivity contribution in [3.63, 3.8) is 0 Å². The number of nitrogens with one attached hydrogen (secondary N) is 1. The smallest absolute Gasteiger partial charge is 0.141 e. The van der Waals surface area contributed by atoms with Crippen LogP contribution in [0.25, 0.3) is 0 Å². The molecule has 0 bridgehead atoms. The fourth-order valence-corrected chi connectivity index (χ4v) is 2.43. The quantitative estimate of drug-likeness (QED) is 0.816. The van der Waals surface area contributed by atoms with E-state index in [9.17, 15) is 4.39 Å². The summed E-state index contributed by atoms with van der Waals surface area (Å²) >= 11 is 9.22. The fourth-order valence-electron chi connectivity index (χ4n) is 1.81. The highest BCUT2D eigenvalue weighted by Gasteiger charge is 2.06. The van der Waals surface area contributed by atoms with Crippen molar-refractivity contribution >= 4 is 27.5 Å². The third-order valence-electron chi connectivity index (χ3n) is 2.95. The first-order valence-electron chi connectivity index (χ1n) is 5.99. The molecule has 0 radical (unpaired) electrons. The van der Waals surface area contributed by atoms with Crippen molar-refractivity contribution in [3.05, 3.63) is 68.9 Å². The van der Waals surface area contributed by atoms with E-state index >= 15 is 0 Å². The van der Waals surface area contributed by atoms with Gasteiger partial charge in [0.25, 0.3) is 0 Å². The maximum atomic E-state index is 13.0. The van der Waals surface area contributed by atoms with Crippen LogP contribution in [0.15, 0.2) is 46.9 Å². The van der Waals surface area contributed by atoms with Gasteiger partial charge in [-0.2, -0.15) is 0 Å². The second kappa shape index (κ2) is 6.51. The van der Waals surface area contributed by atoms with Gasteiger partial charge in [0, 0.05) is 17.1 Å². The number of halogens is 3. The van der Waals surface area contributed by atoms with Crippen molar-refractivity contribution in [2.75, 3.05) is 0 Å². The summed E-state index contributed by atoms with van der Waals surface area (Å²) in [5, 5.41) is 3.55. The predicted octanol–water partition coefficient (Wildman–Crippen LogP) is 5.09. The summed E-state index contributed by atoms with van der Waals surface area (Å²) in [6, 6.07) is 13.1. The van der Waals surface area contributed by atoms with Crippen LogP contribution < -0.4 is 5.32 Å². The van der Waals surface area contributed by atoms with Crippen molar-refractivity contribution in [1.82, 2.24) is 5.32 Å². The van der Waals surface area contributed by atoms with Crippen LogP contribution in [-0.2, 0) is 6.54 Å². The summed E-state index contributed by atoms with van der Waals surface area (Å²) in [6.45, 7) is 2.74. The SMILES string of the molecule is C[C@H](NCc1ccc(F)c(Cl)c1)c1cccc(Br)c1. The summed E-state index contributed by atoms with van der Waals surface area (Å²) in [5.74, 6) is -0.384. The number of benzene rings is 2. The molecule has 0 amide bonds. The molecule has 0 aliphatic rings. The molecule has 0 unspecified atom stereocenters. The molecular weight excluding hydrogens is 329 g/mol.